The van der Waals surface area contributed by atoms with Crippen LogP contribution in [0.15, 0.2) is 48.6 Å². The fourth-order valence-corrected chi connectivity index (χ4v) is 4.73. The Balaban J connectivity index is 2.05. The van der Waals surface area contributed by atoms with Crippen LogP contribution in [-0.4, -0.2) is 28.5 Å². The lowest BCUT2D eigenvalue weighted by atomic mass is 9.71. The highest BCUT2D eigenvalue weighted by molar-refractivity contribution is 5.90. The highest BCUT2D eigenvalue weighted by Crippen LogP contribution is 2.43. The number of benzene rings is 1. The number of allylic oxidation sites excluding steroid dienone is 6. The fraction of sp³-hybridized carbons (Fsp3) is 0.467. The number of hydrogen-bond acceptors (Lipinski definition) is 4. The minimum Gasteiger partial charge on any atom is -0.444 e. The van der Waals surface area contributed by atoms with Crippen molar-refractivity contribution in [2.45, 2.75) is 85.3 Å². The van der Waals surface area contributed by atoms with Gasteiger partial charge in [-0.05, 0) is 78.4 Å². The van der Waals surface area contributed by atoms with E-state index in [0.29, 0.717) is 0 Å². The summed E-state index contributed by atoms with van der Waals surface area (Å²) in [6.45, 7) is 13.9. The first kappa shape index (κ1) is 27.3. The average Bonchev–Trinajstić information content (AvgIpc) is 3.18. The molecule has 1 aliphatic rings. The largest absolute Gasteiger partial charge is 0.444 e. The number of carbonyl (C=O) groups is 1. The molecule has 0 atom stereocenters. The Morgan fingerprint density at radius 1 is 1.19 bits per heavy atom. The summed E-state index contributed by atoms with van der Waals surface area (Å²) < 4.78 is 7.54. The number of rotatable bonds is 8. The number of amides is 1. The van der Waals surface area contributed by atoms with E-state index in [4.69, 9.17) is 9.84 Å². The van der Waals surface area contributed by atoms with Gasteiger partial charge in [-0.2, -0.15) is 5.10 Å². The molecule has 1 heterocycles. The molecule has 2 aromatic rings. The number of carbonyl (C=O) groups excluding carboxylic acids is 1. The minimum absolute atomic E-state index is 0.367. The Bertz CT molecular complexity index is 1160. The third-order valence-corrected chi connectivity index (χ3v) is 6.56. The predicted octanol–water partition coefficient (Wildman–Crippen LogP) is 7.75. The second-order valence-electron chi connectivity index (χ2n) is 10.4. The zero-order valence-corrected chi connectivity index (χ0v) is 23.2. The molecule has 1 fully saturated rings. The SMILES string of the molecule is CC=CC(=CC)c1c(-c2ccc(C3(NC(=O)OC(C)(C)C)CCC3)cc2)nn(C(C)=CCC)c1NC. The van der Waals surface area contributed by atoms with Crippen molar-refractivity contribution >= 4 is 23.2 Å². The van der Waals surface area contributed by atoms with Gasteiger partial charge >= 0.3 is 6.09 Å². The van der Waals surface area contributed by atoms with Gasteiger partial charge in [0.2, 0.25) is 0 Å². The maximum Gasteiger partial charge on any atom is 0.408 e. The number of nitrogens with one attached hydrogen (secondary N) is 2. The van der Waals surface area contributed by atoms with Gasteiger partial charge in [0.25, 0.3) is 0 Å². The quantitative estimate of drug-likeness (QED) is 0.371. The summed E-state index contributed by atoms with van der Waals surface area (Å²) in [6, 6.07) is 8.47. The highest BCUT2D eigenvalue weighted by Gasteiger charge is 2.41. The maximum atomic E-state index is 12.6. The summed E-state index contributed by atoms with van der Waals surface area (Å²) in [7, 11) is 1.94. The van der Waals surface area contributed by atoms with Gasteiger partial charge in [-0.1, -0.05) is 55.5 Å². The number of hydrogen-bond donors (Lipinski definition) is 2. The summed E-state index contributed by atoms with van der Waals surface area (Å²) in [5, 5.41) is 11.6. The Morgan fingerprint density at radius 3 is 2.33 bits per heavy atom. The van der Waals surface area contributed by atoms with Crippen molar-refractivity contribution in [3.05, 3.63) is 59.7 Å². The van der Waals surface area contributed by atoms with Crippen LogP contribution >= 0.6 is 0 Å². The first-order valence-electron chi connectivity index (χ1n) is 13.0. The van der Waals surface area contributed by atoms with Gasteiger partial charge in [-0.15, -0.1) is 0 Å². The van der Waals surface area contributed by atoms with Crippen molar-refractivity contribution in [3.8, 4) is 11.3 Å². The van der Waals surface area contributed by atoms with E-state index in [-0.39, 0.29) is 11.6 Å². The molecule has 3 rings (SSSR count). The van der Waals surface area contributed by atoms with Crippen molar-refractivity contribution in [2.24, 2.45) is 0 Å². The van der Waals surface area contributed by atoms with E-state index in [1.54, 1.807) is 0 Å². The van der Waals surface area contributed by atoms with E-state index in [1.807, 2.05) is 39.4 Å². The van der Waals surface area contributed by atoms with Crippen LogP contribution in [0.25, 0.3) is 22.5 Å². The Morgan fingerprint density at radius 2 is 1.86 bits per heavy atom. The first-order valence-corrected chi connectivity index (χ1v) is 13.0. The maximum absolute atomic E-state index is 12.6. The minimum atomic E-state index is -0.527. The molecule has 1 saturated carbocycles. The van der Waals surface area contributed by atoms with E-state index < -0.39 is 5.60 Å². The van der Waals surface area contributed by atoms with Gasteiger partial charge in [0.05, 0.1) is 11.1 Å². The topological polar surface area (TPSA) is 68.2 Å². The standard InChI is InChI=1S/C30H42N4O2/c1-9-13-21(4)34-27(31-8)25(22(11-3)14-10-2)26(33-34)23-15-17-24(18-16-23)30(19-12-20-30)32-28(35)36-29(5,6)7/h10-11,13-18,31H,9,12,19-20H2,1-8H3,(H,32,35). The van der Waals surface area contributed by atoms with Gasteiger partial charge in [-0.25, -0.2) is 9.48 Å². The molecule has 6 nitrogen and oxygen atoms in total. The average molecular weight is 491 g/mol. The Hall–Kier alpha value is -3.28. The van der Waals surface area contributed by atoms with Crippen LogP contribution in [0.2, 0.25) is 0 Å². The lowest BCUT2D eigenvalue weighted by Crippen LogP contribution is -2.52. The summed E-state index contributed by atoms with van der Waals surface area (Å²) in [6.07, 6.45) is 11.9. The molecule has 2 N–H and O–H groups in total. The molecule has 6 heteroatoms. The molecule has 0 aliphatic heterocycles. The molecule has 36 heavy (non-hydrogen) atoms. The number of anilines is 1. The number of nitrogens with zero attached hydrogens (tertiary/aromatic N) is 2. The number of alkyl carbamates (subject to hydrolysis) is 1. The first-order chi connectivity index (χ1) is 17.1. The van der Waals surface area contributed by atoms with Crippen LogP contribution in [0.4, 0.5) is 10.6 Å². The molecule has 1 aromatic heterocycles. The number of ether oxygens (including phenoxy) is 1. The smallest absolute Gasteiger partial charge is 0.408 e. The summed E-state index contributed by atoms with van der Waals surface area (Å²) >= 11 is 0. The molecule has 0 radical (unpaired) electrons. The van der Waals surface area contributed by atoms with Crippen molar-refractivity contribution in [2.75, 3.05) is 12.4 Å². The van der Waals surface area contributed by atoms with Crippen molar-refractivity contribution in [3.63, 3.8) is 0 Å². The van der Waals surface area contributed by atoms with Crippen LogP contribution in [0.3, 0.4) is 0 Å². The van der Waals surface area contributed by atoms with Crippen molar-refractivity contribution in [1.29, 1.82) is 0 Å². The van der Waals surface area contributed by atoms with Crippen molar-refractivity contribution < 1.29 is 9.53 Å². The molecule has 194 valence electrons. The second kappa shape index (κ2) is 11.2. The summed E-state index contributed by atoms with van der Waals surface area (Å²) in [5.74, 6) is 0.963. The van der Waals surface area contributed by atoms with E-state index in [0.717, 1.165) is 65.2 Å². The van der Waals surface area contributed by atoms with Crippen LogP contribution in [0.5, 0.6) is 0 Å². The van der Waals surface area contributed by atoms with Gasteiger partial charge in [0.15, 0.2) is 0 Å². The van der Waals surface area contributed by atoms with Gasteiger partial charge in [0.1, 0.15) is 17.1 Å². The van der Waals surface area contributed by atoms with Gasteiger partial charge in [-0.3, -0.25) is 0 Å². The zero-order chi connectivity index (χ0) is 26.5. The monoisotopic (exact) mass is 490 g/mol. The third-order valence-electron chi connectivity index (χ3n) is 6.56. The fourth-order valence-electron chi connectivity index (χ4n) is 4.73. The summed E-state index contributed by atoms with van der Waals surface area (Å²) in [5.41, 5.74) is 5.41. The van der Waals surface area contributed by atoms with Crippen LogP contribution in [0, 0.1) is 0 Å². The van der Waals surface area contributed by atoms with E-state index in [9.17, 15) is 4.79 Å². The molecule has 0 spiro atoms. The van der Waals surface area contributed by atoms with Gasteiger partial charge < -0.3 is 15.4 Å². The molecule has 1 aliphatic carbocycles. The zero-order valence-electron chi connectivity index (χ0n) is 23.2. The molecule has 1 amide bonds. The van der Waals surface area contributed by atoms with E-state index >= 15 is 0 Å². The molecule has 0 unspecified atom stereocenters. The van der Waals surface area contributed by atoms with Crippen LogP contribution in [0.1, 0.15) is 85.3 Å². The molecule has 1 aromatic carbocycles. The third kappa shape index (κ3) is 5.75. The molecular weight excluding hydrogens is 448 g/mol. The molecular formula is C30H42N4O2. The lowest BCUT2D eigenvalue weighted by Gasteiger charge is -2.43. The summed E-state index contributed by atoms with van der Waals surface area (Å²) in [4.78, 5) is 12.6. The molecule has 0 saturated heterocycles. The van der Waals surface area contributed by atoms with Gasteiger partial charge in [0, 0.05) is 18.3 Å². The normalized spacial score (nSPS) is 16.1. The van der Waals surface area contributed by atoms with Crippen LogP contribution < -0.4 is 10.6 Å². The highest BCUT2D eigenvalue weighted by atomic mass is 16.6. The Labute approximate surface area is 216 Å². The Kier molecular flexibility index (Phi) is 8.49. The molecule has 0 bridgehead atoms. The van der Waals surface area contributed by atoms with Crippen LogP contribution in [-0.2, 0) is 10.3 Å². The lowest BCUT2D eigenvalue weighted by molar-refractivity contribution is 0.0377. The number of aromatic nitrogens is 2. The van der Waals surface area contributed by atoms with Crippen molar-refractivity contribution in [1.82, 2.24) is 15.1 Å². The van der Waals surface area contributed by atoms with E-state index in [1.165, 1.54) is 0 Å². The van der Waals surface area contributed by atoms with E-state index in [2.05, 4.69) is 80.0 Å². The second-order valence-corrected chi connectivity index (χ2v) is 10.4. The predicted molar refractivity (Wildman–Crippen MR) is 151 cm³/mol.